The Bertz CT molecular complexity index is 346. The third-order valence-corrected chi connectivity index (χ3v) is 5.37. The van der Waals surface area contributed by atoms with Crippen LogP contribution in [-0.4, -0.2) is 62.3 Å². The standard InChI is InChI=1S/C17H31N3O2/c21-17(13-14-11-15-3-4-16(12-14)19-15)18-5-1-2-6-20-7-9-22-10-8-20/h14-16,19H,1-13H2,(H,18,21). The molecule has 2 unspecified atom stereocenters. The molecule has 0 spiro atoms. The van der Waals surface area contributed by atoms with Crippen LogP contribution in [0.1, 0.15) is 44.9 Å². The highest BCUT2D eigenvalue weighted by atomic mass is 16.5. The van der Waals surface area contributed by atoms with Gasteiger partial charge in [0.25, 0.3) is 0 Å². The molecule has 1 amide bonds. The van der Waals surface area contributed by atoms with Gasteiger partial charge >= 0.3 is 0 Å². The predicted octanol–water partition coefficient (Wildman–Crippen LogP) is 1.14. The van der Waals surface area contributed by atoms with E-state index < -0.39 is 0 Å². The fourth-order valence-electron chi connectivity index (χ4n) is 4.19. The molecule has 2 bridgehead atoms. The van der Waals surface area contributed by atoms with Crippen LogP contribution >= 0.6 is 0 Å². The summed E-state index contributed by atoms with van der Waals surface area (Å²) in [6, 6.07) is 1.37. The first-order valence-electron chi connectivity index (χ1n) is 9.12. The van der Waals surface area contributed by atoms with E-state index in [1.807, 2.05) is 0 Å². The zero-order valence-electron chi connectivity index (χ0n) is 13.7. The summed E-state index contributed by atoms with van der Waals surface area (Å²) >= 11 is 0. The molecule has 3 saturated heterocycles. The number of hydrogen-bond acceptors (Lipinski definition) is 4. The van der Waals surface area contributed by atoms with Gasteiger partial charge in [0.2, 0.25) is 5.91 Å². The van der Waals surface area contributed by atoms with Gasteiger partial charge in [-0.05, 0) is 51.0 Å². The molecule has 2 atom stereocenters. The summed E-state index contributed by atoms with van der Waals surface area (Å²) in [6.07, 6.45) is 7.99. The van der Waals surface area contributed by atoms with Crippen molar-refractivity contribution in [1.29, 1.82) is 0 Å². The fraction of sp³-hybridized carbons (Fsp3) is 0.941. The van der Waals surface area contributed by atoms with E-state index in [1.165, 1.54) is 25.7 Å². The van der Waals surface area contributed by atoms with Crippen LogP contribution in [0.2, 0.25) is 0 Å². The Kier molecular flexibility index (Phi) is 6.10. The molecule has 0 aromatic carbocycles. The molecule has 2 N–H and O–H groups in total. The Morgan fingerprint density at radius 3 is 2.59 bits per heavy atom. The summed E-state index contributed by atoms with van der Waals surface area (Å²) in [5.74, 6) is 0.866. The van der Waals surface area contributed by atoms with Crippen LogP contribution in [0, 0.1) is 5.92 Å². The van der Waals surface area contributed by atoms with Crippen LogP contribution in [-0.2, 0) is 9.53 Å². The lowest BCUT2D eigenvalue weighted by molar-refractivity contribution is -0.122. The van der Waals surface area contributed by atoms with Crippen molar-refractivity contribution >= 4 is 5.91 Å². The highest BCUT2D eigenvalue weighted by molar-refractivity contribution is 5.76. The van der Waals surface area contributed by atoms with Gasteiger partial charge in [-0.25, -0.2) is 0 Å². The van der Waals surface area contributed by atoms with Crippen LogP contribution in [0.3, 0.4) is 0 Å². The van der Waals surface area contributed by atoms with Gasteiger partial charge < -0.3 is 15.4 Å². The molecule has 3 heterocycles. The number of amides is 1. The maximum Gasteiger partial charge on any atom is 0.220 e. The topological polar surface area (TPSA) is 53.6 Å². The summed E-state index contributed by atoms with van der Waals surface area (Å²) in [5, 5.41) is 6.75. The molecule has 3 aliphatic rings. The molecule has 3 aliphatic heterocycles. The van der Waals surface area contributed by atoms with Crippen LogP contribution in [0.4, 0.5) is 0 Å². The summed E-state index contributed by atoms with van der Waals surface area (Å²) in [5.41, 5.74) is 0. The minimum Gasteiger partial charge on any atom is -0.379 e. The normalized spacial score (nSPS) is 32.1. The molecule has 0 aliphatic carbocycles. The highest BCUT2D eigenvalue weighted by Crippen LogP contribution is 2.32. The maximum atomic E-state index is 12.1. The van der Waals surface area contributed by atoms with E-state index in [9.17, 15) is 4.79 Å². The van der Waals surface area contributed by atoms with Crippen molar-refractivity contribution in [2.45, 2.75) is 57.0 Å². The molecule has 126 valence electrons. The van der Waals surface area contributed by atoms with Crippen molar-refractivity contribution in [3.8, 4) is 0 Å². The molecule has 3 fully saturated rings. The van der Waals surface area contributed by atoms with Gasteiger partial charge in [0, 0.05) is 38.1 Å². The van der Waals surface area contributed by atoms with Crippen LogP contribution < -0.4 is 10.6 Å². The average Bonchev–Trinajstić information content (AvgIpc) is 2.87. The second kappa shape index (κ2) is 8.27. The van der Waals surface area contributed by atoms with Crippen molar-refractivity contribution in [3.05, 3.63) is 0 Å². The molecule has 5 heteroatoms. The maximum absolute atomic E-state index is 12.1. The average molecular weight is 309 g/mol. The Hall–Kier alpha value is -0.650. The second-order valence-corrected chi connectivity index (χ2v) is 7.19. The molecule has 0 aromatic rings. The molecule has 5 nitrogen and oxygen atoms in total. The number of carbonyl (C=O) groups excluding carboxylic acids is 1. The number of rotatable bonds is 7. The molecule has 22 heavy (non-hydrogen) atoms. The number of unbranched alkanes of at least 4 members (excludes halogenated alkanes) is 1. The first-order chi connectivity index (χ1) is 10.8. The van der Waals surface area contributed by atoms with Crippen molar-refractivity contribution in [2.24, 2.45) is 5.92 Å². The van der Waals surface area contributed by atoms with Gasteiger partial charge in [-0.15, -0.1) is 0 Å². The zero-order chi connectivity index (χ0) is 15.2. The molecule has 3 rings (SSSR count). The van der Waals surface area contributed by atoms with E-state index in [1.54, 1.807) is 0 Å². The van der Waals surface area contributed by atoms with Gasteiger partial charge in [0.1, 0.15) is 0 Å². The van der Waals surface area contributed by atoms with Gasteiger partial charge in [0.05, 0.1) is 13.2 Å². The van der Waals surface area contributed by atoms with Crippen molar-refractivity contribution in [2.75, 3.05) is 39.4 Å². The van der Waals surface area contributed by atoms with Crippen LogP contribution in [0.15, 0.2) is 0 Å². The van der Waals surface area contributed by atoms with E-state index in [2.05, 4.69) is 15.5 Å². The lowest BCUT2D eigenvalue weighted by atomic mass is 9.89. The molecule has 0 aromatic heterocycles. The zero-order valence-corrected chi connectivity index (χ0v) is 13.7. The quantitative estimate of drug-likeness (QED) is 0.693. The number of ether oxygens (including phenoxy) is 1. The van der Waals surface area contributed by atoms with E-state index in [4.69, 9.17) is 4.74 Å². The van der Waals surface area contributed by atoms with Crippen LogP contribution in [0.25, 0.3) is 0 Å². The molecular weight excluding hydrogens is 278 g/mol. The number of carbonyl (C=O) groups is 1. The Balaban J connectivity index is 1.22. The number of hydrogen-bond donors (Lipinski definition) is 2. The lowest BCUT2D eigenvalue weighted by Gasteiger charge is -2.28. The van der Waals surface area contributed by atoms with E-state index in [-0.39, 0.29) is 5.91 Å². The summed E-state index contributed by atoms with van der Waals surface area (Å²) < 4.78 is 5.35. The van der Waals surface area contributed by atoms with Gasteiger partial charge in [-0.3, -0.25) is 9.69 Å². The fourth-order valence-corrected chi connectivity index (χ4v) is 4.19. The van der Waals surface area contributed by atoms with E-state index >= 15 is 0 Å². The van der Waals surface area contributed by atoms with Gasteiger partial charge in [-0.1, -0.05) is 0 Å². The van der Waals surface area contributed by atoms with E-state index in [0.29, 0.717) is 18.0 Å². The Labute approximate surface area is 134 Å². The summed E-state index contributed by atoms with van der Waals surface area (Å²) in [6.45, 7) is 5.83. The van der Waals surface area contributed by atoms with Gasteiger partial charge in [-0.2, -0.15) is 0 Å². The summed E-state index contributed by atoms with van der Waals surface area (Å²) in [7, 11) is 0. The highest BCUT2D eigenvalue weighted by Gasteiger charge is 2.33. The smallest absolute Gasteiger partial charge is 0.220 e. The molecular formula is C17H31N3O2. The van der Waals surface area contributed by atoms with Crippen molar-refractivity contribution < 1.29 is 9.53 Å². The number of fused-ring (bicyclic) bond motifs is 2. The van der Waals surface area contributed by atoms with Crippen LogP contribution in [0.5, 0.6) is 0 Å². The number of morpholine rings is 1. The third-order valence-electron chi connectivity index (χ3n) is 5.37. The number of piperidine rings is 1. The monoisotopic (exact) mass is 309 g/mol. The SMILES string of the molecule is O=C(CC1CC2CCC(C1)N2)NCCCCN1CCOCC1. The summed E-state index contributed by atoms with van der Waals surface area (Å²) in [4.78, 5) is 14.5. The Morgan fingerprint density at radius 2 is 1.86 bits per heavy atom. The van der Waals surface area contributed by atoms with Gasteiger partial charge in [0.15, 0.2) is 0 Å². The number of nitrogens with one attached hydrogen (secondary N) is 2. The second-order valence-electron chi connectivity index (χ2n) is 7.19. The van der Waals surface area contributed by atoms with E-state index in [0.717, 1.165) is 58.7 Å². The molecule has 0 saturated carbocycles. The predicted molar refractivity (Wildman–Crippen MR) is 86.8 cm³/mol. The minimum atomic E-state index is 0.262. The third kappa shape index (κ3) is 4.93. The minimum absolute atomic E-state index is 0.262. The Morgan fingerprint density at radius 1 is 1.14 bits per heavy atom. The van der Waals surface area contributed by atoms with Crippen molar-refractivity contribution in [1.82, 2.24) is 15.5 Å². The number of nitrogens with zero attached hydrogens (tertiary/aromatic N) is 1. The molecule has 0 radical (unpaired) electrons. The largest absolute Gasteiger partial charge is 0.379 e. The first kappa shape index (κ1) is 16.2. The first-order valence-corrected chi connectivity index (χ1v) is 9.12. The lowest BCUT2D eigenvalue weighted by Crippen LogP contribution is -2.40. The van der Waals surface area contributed by atoms with Crippen molar-refractivity contribution in [3.63, 3.8) is 0 Å².